The zero-order chi connectivity index (χ0) is 24.3. The molecular formula is C25H29N3O6. The van der Waals surface area contributed by atoms with E-state index in [4.69, 9.17) is 9.47 Å². The molecule has 34 heavy (non-hydrogen) atoms. The van der Waals surface area contributed by atoms with Crippen LogP contribution in [0.2, 0.25) is 0 Å². The van der Waals surface area contributed by atoms with Crippen molar-refractivity contribution in [2.24, 2.45) is 0 Å². The molecule has 0 bridgehead atoms. The van der Waals surface area contributed by atoms with Crippen molar-refractivity contribution in [1.82, 2.24) is 10.6 Å². The lowest BCUT2D eigenvalue weighted by Gasteiger charge is -2.11. The van der Waals surface area contributed by atoms with E-state index in [2.05, 4.69) is 22.9 Å². The maximum absolute atomic E-state index is 12.3. The van der Waals surface area contributed by atoms with Gasteiger partial charge in [0.2, 0.25) is 0 Å². The molecule has 9 heteroatoms. The highest BCUT2D eigenvalue weighted by Crippen LogP contribution is 2.21. The lowest BCUT2D eigenvalue weighted by Crippen LogP contribution is -2.32. The van der Waals surface area contributed by atoms with E-state index in [1.807, 2.05) is 0 Å². The molecule has 1 aliphatic rings. The first kappa shape index (κ1) is 24.8. The van der Waals surface area contributed by atoms with Crippen LogP contribution in [0.4, 0.5) is 5.69 Å². The SMILES string of the molecule is CCCCOc1ccc(C(=O)NCC(=O)OCC(=O)Nc2ccccc2C(=O)NC2CC2)cc1. The molecule has 3 rings (SSSR count). The van der Waals surface area contributed by atoms with Gasteiger partial charge < -0.3 is 25.4 Å². The first-order valence-electron chi connectivity index (χ1n) is 11.3. The van der Waals surface area contributed by atoms with Crippen molar-refractivity contribution in [2.75, 3.05) is 25.1 Å². The summed E-state index contributed by atoms with van der Waals surface area (Å²) >= 11 is 0. The Kier molecular flexibility index (Phi) is 9.02. The van der Waals surface area contributed by atoms with E-state index in [-0.39, 0.29) is 18.5 Å². The Bertz CT molecular complexity index is 1020. The Balaban J connectivity index is 1.40. The molecule has 1 fully saturated rings. The Morgan fingerprint density at radius 2 is 1.71 bits per heavy atom. The van der Waals surface area contributed by atoms with Crippen molar-refractivity contribution < 1.29 is 28.7 Å². The predicted octanol–water partition coefficient (Wildman–Crippen LogP) is 2.67. The number of esters is 1. The first-order chi connectivity index (χ1) is 16.5. The number of nitrogens with one attached hydrogen (secondary N) is 3. The van der Waals surface area contributed by atoms with Crippen LogP contribution in [-0.2, 0) is 14.3 Å². The number of ether oxygens (including phenoxy) is 2. The van der Waals surface area contributed by atoms with Gasteiger partial charge in [-0.3, -0.25) is 19.2 Å². The number of carbonyl (C=O) groups is 4. The van der Waals surface area contributed by atoms with Crippen molar-refractivity contribution in [3.8, 4) is 5.75 Å². The number of benzene rings is 2. The monoisotopic (exact) mass is 467 g/mol. The third kappa shape index (κ3) is 7.91. The molecule has 1 aliphatic carbocycles. The van der Waals surface area contributed by atoms with Gasteiger partial charge in [-0.1, -0.05) is 25.5 Å². The molecule has 0 saturated heterocycles. The van der Waals surface area contributed by atoms with Crippen LogP contribution in [0, 0.1) is 0 Å². The molecule has 0 heterocycles. The molecule has 0 aliphatic heterocycles. The number of hydrogen-bond acceptors (Lipinski definition) is 6. The molecule has 2 aromatic rings. The van der Waals surface area contributed by atoms with Crippen LogP contribution in [0.15, 0.2) is 48.5 Å². The number of rotatable bonds is 12. The summed E-state index contributed by atoms with van der Waals surface area (Å²) in [5.41, 5.74) is 1.04. The summed E-state index contributed by atoms with van der Waals surface area (Å²) in [5, 5.41) is 7.90. The third-order valence-corrected chi connectivity index (χ3v) is 5.00. The second kappa shape index (κ2) is 12.4. The Hall–Kier alpha value is -3.88. The number of amides is 3. The Labute approximate surface area is 198 Å². The minimum Gasteiger partial charge on any atom is -0.494 e. The van der Waals surface area contributed by atoms with Gasteiger partial charge in [-0.2, -0.15) is 0 Å². The largest absolute Gasteiger partial charge is 0.494 e. The zero-order valence-corrected chi connectivity index (χ0v) is 19.1. The minimum absolute atomic E-state index is 0.185. The highest BCUT2D eigenvalue weighted by molar-refractivity contribution is 6.04. The van der Waals surface area contributed by atoms with Gasteiger partial charge in [0.25, 0.3) is 17.7 Å². The van der Waals surface area contributed by atoms with Crippen molar-refractivity contribution in [3.05, 3.63) is 59.7 Å². The van der Waals surface area contributed by atoms with Crippen LogP contribution in [0.5, 0.6) is 5.75 Å². The van der Waals surface area contributed by atoms with E-state index in [1.165, 1.54) is 0 Å². The van der Waals surface area contributed by atoms with E-state index >= 15 is 0 Å². The van der Waals surface area contributed by atoms with Crippen LogP contribution in [-0.4, -0.2) is 49.5 Å². The van der Waals surface area contributed by atoms with Gasteiger partial charge in [0, 0.05) is 11.6 Å². The molecule has 180 valence electrons. The molecular weight excluding hydrogens is 438 g/mol. The van der Waals surface area contributed by atoms with E-state index in [9.17, 15) is 19.2 Å². The van der Waals surface area contributed by atoms with Crippen molar-refractivity contribution in [3.63, 3.8) is 0 Å². The summed E-state index contributed by atoms with van der Waals surface area (Å²) < 4.78 is 10.5. The van der Waals surface area contributed by atoms with Gasteiger partial charge >= 0.3 is 5.97 Å². The zero-order valence-electron chi connectivity index (χ0n) is 19.1. The van der Waals surface area contributed by atoms with Crippen LogP contribution in [0.1, 0.15) is 53.3 Å². The lowest BCUT2D eigenvalue weighted by molar-refractivity contribution is -0.146. The van der Waals surface area contributed by atoms with Crippen LogP contribution in [0.3, 0.4) is 0 Å². The lowest BCUT2D eigenvalue weighted by atomic mass is 10.1. The molecule has 3 N–H and O–H groups in total. The van der Waals surface area contributed by atoms with Crippen LogP contribution in [0.25, 0.3) is 0 Å². The number of unbranched alkanes of at least 4 members (excludes halogenated alkanes) is 1. The summed E-state index contributed by atoms with van der Waals surface area (Å²) in [6.45, 7) is 1.75. The molecule has 0 radical (unpaired) electrons. The maximum Gasteiger partial charge on any atom is 0.325 e. The summed E-state index contributed by atoms with van der Waals surface area (Å²) in [5.74, 6) is -1.40. The molecule has 1 saturated carbocycles. The summed E-state index contributed by atoms with van der Waals surface area (Å²) in [6.07, 6.45) is 3.88. The second-order valence-electron chi connectivity index (χ2n) is 7.91. The van der Waals surface area contributed by atoms with E-state index in [0.29, 0.717) is 29.2 Å². The maximum atomic E-state index is 12.3. The van der Waals surface area contributed by atoms with Crippen molar-refractivity contribution in [2.45, 2.75) is 38.6 Å². The first-order valence-corrected chi connectivity index (χ1v) is 11.3. The van der Waals surface area contributed by atoms with Crippen LogP contribution < -0.4 is 20.7 Å². The molecule has 2 aromatic carbocycles. The van der Waals surface area contributed by atoms with E-state index in [1.54, 1.807) is 48.5 Å². The van der Waals surface area contributed by atoms with Crippen molar-refractivity contribution in [1.29, 1.82) is 0 Å². The Morgan fingerprint density at radius 3 is 2.41 bits per heavy atom. The highest BCUT2D eigenvalue weighted by atomic mass is 16.5. The fourth-order valence-corrected chi connectivity index (χ4v) is 2.96. The van der Waals surface area contributed by atoms with Gasteiger partial charge in [0.15, 0.2) is 6.61 Å². The fourth-order valence-electron chi connectivity index (χ4n) is 2.96. The molecule has 0 aromatic heterocycles. The van der Waals surface area contributed by atoms with Gasteiger partial charge in [-0.15, -0.1) is 0 Å². The smallest absolute Gasteiger partial charge is 0.325 e. The molecule has 0 spiro atoms. The molecule has 9 nitrogen and oxygen atoms in total. The summed E-state index contributed by atoms with van der Waals surface area (Å²) in [6, 6.07) is 13.4. The Morgan fingerprint density at radius 1 is 0.971 bits per heavy atom. The topological polar surface area (TPSA) is 123 Å². The summed E-state index contributed by atoms with van der Waals surface area (Å²) in [4.78, 5) is 48.6. The standard InChI is InChI=1S/C25H29N3O6/c1-2-3-14-33-19-12-8-17(9-13-19)24(31)26-15-23(30)34-16-22(29)28-21-7-5-4-6-20(21)25(32)27-18-10-11-18/h4-9,12-13,18H,2-3,10-11,14-16H2,1H3,(H,26,31)(H,27,32)(H,28,29). The van der Waals surface area contributed by atoms with Gasteiger partial charge in [-0.05, 0) is 55.7 Å². The number of hydrogen-bond donors (Lipinski definition) is 3. The average molecular weight is 468 g/mol. The van der Waals surface area contributed by atoms with Gasteiger partial charge in [0.1, 0.15) is 12.3 Å². The van der Waals surface area contributed by atoms with E-state index < -0.39 is 24.4 Å². The number of carbonyl (C=O) groups excluding carboxylic acids is 4. The minimum atomic E-state index is -0.761. The number of para-hydroxylation sites is 1. The fraction of sp³-hybridized carbons (Fsp3) is 0.360. The normalized spacial score (nSPS) is 12.4. The highest BCUT2D eigenvalue weighted by Gasteiger charge is 2.25. The number of anilines is 1. The predicted molar refractivity (Wildman–Crippen MR) is 126 cm³/mol. The average Bonchev–Trinajstić information content (AvgIpc) is 3.66. The van der Waals surface area contributed by atoms with Gasteiger partial charge in [-0.25, -0.2) is 0 Å². The van der Waals surface area contributed by atoms with Crippen LogP contribution >= 0.6 is 0 Å². The van der Waals surface area contributed by atoms with Crippen molar-refractivity contribution >= 4 is 29.4 Å². The quantitative estimate of drug-likeness (QED) is 0.326. The van der Waals surface area contributed by atoms with Gasteiger partial charge in [0.05, 0.1) is 17.9 Å². The second-order valence-corrected chi connectivity index (χ2v) is 7.91. The summed E-state index contributed by atoms with van der Waals surface area (Å²) in [7, 11) is 0. The molecule has 0 unspecified atom stereocenters. The van der Waals surface area contributed by atoms with E-state index in [0.717, 1.165) is 25.7 Å². The molecule has 0 atom stereocenters. The molecule has 3 amide bonds. The third-order valence-electron chi connectivity index (χ3n) is 5.00.